The van der Waals surface area contributed by atoms with E-state index in [-0.39, 0.29) is 22.2 Å². The van der Waals surface area contributed by atoms with Gasteiger partial charge in [0.25, 0.3) is 0 Å². The summed E-state index contributed by atoms with van der Waals surface area (Å²) in [5.74, 6) is 3.53. The first-order valence-corrected chi connectivity index (χ1v) is 11.7. The van der Waals surface area contributed by atoms with E-state index in [1.54, 1.807) is 0 Å². The minimum atomic E-state index is -0.201. The summed E-state index contributed by atoms with van der Waals surface area (Å²) < 4.78 is 4.21. The Morgan fingerprint density at radius 2 is 0.645 bits per heavy atom. The van der Waals surface area contributed by atoms with Crippen molar-refractivity contribution < 1.29 is 14.9 Å². The molecular formula is C24H40N6Ni. The van der Waals surface area contributed by atoms with E-state index < -0.39 is 0 Å². The van der Waals surface area contributed by atoms with E-state index in [0.717, 1.165) is 23.3 Å². The van der Waals surface area contributed by atoms with Crippen LogP contribution in [0.1, 0.15) is 83.1 Å². The van der Waals surface area contributed by atoms with Crippen molar-refractivity contribution in [3.05, 3.63) is 24.3 Å². The van der Waals surface area contributed by atoms with Gasteiger partial charge in [-0.05, 0) is 0 Å². The van der Waals surface area contributed by atoms with Crippen molar-refractivity contribution in [1.82, 2.24) is 7.96 Å². The third-order valence-electron chi connectivity index (χ3n) is 3.44. The van der Waals surface area contributed by atoms with Gasteiger partial charge < -0.3 is 0 Å². The van der Waals surface area contributed by atoms with Gasteiger partial charge in [-0.1, -0.05) is 0 Å². The number of nitrogens with zero attached hydrogens (tertiary/aromatic N) is 6. The molecular weight excluding hydrogens is 431 g/mol. The molecule has 0 bridgehead atoms. The third kappa shape index (κ3) is 8.36. The van der Waals surface area contributed by atoms with Crippen molar-refractivity contribution in [3.8, 4) is 0 Å². The van der Waals surface area contributed by atoms with Gasteiger partial charge in [0.15, 0.2) is 0 Å². The second kappa shape index (κ2) is 8.65. The van der Waals surface area contributed by atoms with Gasteiger partial charge in [-0.25, -0.2) is 0 Å². The fourth-order valence-corrected chi connectivity index (χ4v) is 3.75. The summed E-state index contributed by atoms with van der Waals surface area (Å²) in [6.07, 6.45) is 8.16. The van der Waals surface area contributed by atoms with E-state index in [0.29, 0.717) is 0 Å². The van der Waals surface area contributed by atoms with Crippen molar-refractivity contribution in [2.24, 2.45) is 20.0 Å². The number of hydrogen-bond acceptors (Lipinski definition) is 4. The molecule has 2 aliphatic heterocycles. The van der Waals surface area contributed by atoms with Crippen LogP contribution in [0.4, 0.5) is 0 Å². The first-order chi connectivity index (χ1) is 13.8. The summed E-state index contributed by atoms with van der Waals surface area (Å²) >= 11 is 1.28. The Labute approximate surface area is 195 Å². The Morgan fingerprint density at radius 1 is 0.452 bits per heavy atom. The molecule has 0 saturated carbocycles. The number of amidine groups is 4. The van der Waals surface area contributed by atoms with Crippen LogP contribution in [0.25, 0.3) is 0 Å². The zero-order valence-electron chi connectivity index (χ0n) is 21.3. The summed E-state index contributed by atoms with van der Waals surface area (Å²) in [6.45, 7) is 25.3. The van der Waals surface area contributed by atoms with E-state index >= 15 is 0 Å². The third-order valence-corrected chi connectivity index (χ3v) is 4.74. The number of aliphatic imine (C=N–C) groups is 4. The van der Waals surface area contributed by atoms with Crippen LogP contribution < -0.4 is 0 Å². The van der Waals surface area contributed by atoms with E-state index in [9.17, 15) is 0 Å². The van der Waals surface area contributed by atoms with Gasteiger partial charge in [0.05, 0.1) is 0 Å². The molecule has 0 spiro atoms. The molecule has 0 fully saturated rings. The molecule has 6 nitrogen and oxygen atoms in total. The molecule has 2 aliphatic rings. The van der Waals surface area contributed by atoms with Crippen LogP contribution in [0.5, 0.6) is 0 Å². The van der Waals surface area contributed by atoms with Gasteiger partial charge in [0.1, 0.15) is 0 Å². The number of hydrogen-bond donors (Lipinski definition) is 0. The Hall–Kier alpha value is -1.75. The van der Waals surface area contributed by atoms with Crippen molar-refractivity contribution in [2.45, 2.75) is 105 Å². The molecule has 0 aromatic heterocycles. The fourth-order valence-electron chi connectivity index (χ4n) is 2.66. The quantitative estimate of drug-likeness (QED) is 0.505. The maximum absolute atomic E-state index is 4.94. The minimum absolute atomic E-state index is 0.201. The van der Waals surface area contributed by atoms with Crippen LogP contribution >= 0.6 is 0 Å². The Balaban J connectivity index is 2.55. The SMILES string of the molecule is CC(C)(C)N=C1C=CC(=NC(C)(C)C)[N]1[Ni][N]1C(=NC(C)(C)C)C=CC1=NC(C)(C)C. The summed E-state index contributed by atoms with van der Waals surface area (Å²) in [6, 6.07) is 0. The molecule has 0 aromatic rings. The van der Waals surface area contributed by atoms with Crippen LogP contribution in [0.15, 0.2) is 44.3 Å². The van der Waals surface area contributed by atoms with Gasteiger partial charge in [-0.15, -0.1) is 0 Å². The van der Waals surface area contributed by atoms with Crippen LogP contribution in [-0.4, -0.2) is 53.5 Å². The molecule has 2 heterocycles. The van der Waals surface area contributed by atoms with Crippen LogP contribution in [0.2, 0.25) is 0 Å². The molecule has 176 valence electrons. The molecule has 0 saturated heterocycles. The molecule has 31 heavy (non-hydrogen) atoms. The predicted octanol–water partition coefficient (Wildman–Crippen LogP) is 5.43. The van der Waals surface area contributed by atoms with Gasteiger partial charge in [0, 0.05) is 0 Å². The summed E-state index contributed by atoms with van der Waals surface area (Å²) in [4.78, 5) is 19.8. The predicted molar refractivity (Wildman–Crippen MR) is 131 cm³/mol. The van der Waals surface area contributed by atoms with E-state index in [4.69, 9.17) is 20.0 Å². The Morgan fingerprint density at radius 3 is 0.806 bits per heavy atom. The van der Waals surface area contributed by atoms with Crippen LogP contribution in [0, 0.1) is 0 Å². The molecule has 7 heteroatoms. The van der Waals surface area contributed by atoms with E-state index in [1.807, 2.05) is 24.3 Å². The second-order valence-electron chi connectivity index (χ2n) is 11.8. The normalized spacial score (nSPS) is 23.6. The van der Waals surface area contributed by atoms with Gasteiger partial charge in [-0.2, -0.15) is 0 Å². The summed E-state index contributed by atoms with van der Waals surface area (Å²) in [5.41, 5.74) is -0.806. The van der Waals surface area contributed by atoms with Crippen LogP contribution in [0.3, 0.4) is 0 Å². The van der Waals surface area contributed by atoms with Crippen molar-refractivity contribution in [3.63, 3.8) is 0 Å². The Kier molecular flexibility index (Phi) is 7.12. The molecule has 0 radical (unpaired) electrons. The van der Waals surface area contributed by atoms with Crippen molar-refractivity contribution in [1.29, 1.82) is 0 Å². The first kappa shape index (κ1) is 25.5. The number of rotatable bonds is 2. The van der Waals surface area contributed by atoms with Crippen molar-refractivity contribution >= 4 is 23.3 Å². The molecule has 0 atom stereocenters. The zero-order valence-corrected chi connectivity index (χ0v) is 22.3. The van der Waals surface area contributed by atoms with E-state index in [2.05, 4.69) is 91.0 Å². The molecule has 0 N–H and O–H groups in total. The maximum atomic E-state index is 4.94. The monoisotopic (exact) mass is 470 g/mol. The zero-order chi connectivity index (χ0) is 23.8. The topological polar surface area (TPSA) is 55.9 Å². The summed E-state index contributed by atoms with van der Waals surface area (Å²) in [5, 5.41) is 0. The summed E-state index contributed by atoms with van der Waals surface area (Å²) in [7, 11) is 0. The standard InChI is InChI=1S/2C12H20N3.Ni/c2*1-11(2,3)14-9-7-8-10(13-9)15-12(4,5)6;/h2*7-8H,1-6H3;/q2*-1;+2. The average Bonchev–Trinajstić information content (AvgIpc) is 3.00. The second-order valence-corrected chi connectivity index (χ2v) is 12.9. The average molecular weight is 471 g/mol. The molecule has 0 aliphatic carbocycles. The van der Waals surface area contributed by atoms with E-state index in [1.165, 1.54) is 14.9 Å². The molecule has 2 rings (SSSR count). The molecule has 0 amide bonds. The van der Waals surface area contributed by atoms with Gasteiger partial charge >= 0.3 is 196 Å². The molecule has 0 aromatic carbocycles. The van der Waals surface area contributed by atoms with Gasteiger partial charge in [-0.3, -0.25) is 0 Å². The van der Waals surface area contributed by atoms with Gasteiger partial charge in [0.2, 0.25) is 0 Å². The van der Waals surface area contributed by atoms with Crippen molar-refractivity contribution in [2.75, 3.05) is 0 Å². The fraction of sp³-hybridized carbons (Fsp3) is 0.667. The first-order valence-electron chi connectivity index (χ1n) is 10.8. The molecule has 0 unspecified atom stereocenters. The Bertz CT molecular complexity index is 722. The van der Waals surface area contributed by atoms with Crippen LogP contribution in [-0.2, 0) is 14.9 Å².